The predicted molar refractivity (Wildman–Crippen MR) is 69.0 cm³/mol. The molecular weight excluding hydrogens is 230 g/mol. The lowest BCUT2D eigenvalue weighted by Crippen LogP contribution is -2.15. The van der Waals surface area contributed by atoms with Gasteiger partial charge in [-0.25, -0.2) is 9.97 Å². The van der Waals surface area contributed by atoms with Gasteiger partial charge in [-0.05, 0) is 36.8 Å². The highest BCUT2D eigenvalue weighted by molar-refractivity contribution is 6.03. The van der Waals surface area contributed by atoms with Gasteiger partial charge in [0.2, 0.25) is 5.95 Å². The van der Waals surface area contributed by atoms with Crippen molar-refractivity contribution < 1.29 is 4.79 Å². The highest BCUT2D eigenvalue weighted by Gasteiger charge is 2.08. The molecule has 2 rings (SSSR count). The predicted octanol–water partition coefficient (Wildman–Crippen LogP) is 1.32. The van der Waals surface area contributed by atoms with Crippen molar-refractivity contribution in [3.63, 3.8) is 0 Å². The van der Waals surface area contributed by atoms with Gasteiger partial charge in [0.1, 0.15) is 0 Å². The van der Waals surface area contributed by atoms with Crippen LogP contribution in [-0.4, -0.2) is 15.9 Å². The van der Waals surface area contributed by atoms with Gasteiger partial charge in [0, 0.05) is 18.0 Å². The van der Waals surface area contributed by atoms with Crippen LogP contribution in [0.3, 0.4) is 0 Å². The Bertz CT molecular complexity index is 556. The maximum absolute atomic E-state index is 11.9. The summed E-state index contributed by atoms with van der Waals surface area (Å²) in [6.07, 6.45) is 3.13. The normalized spacial score (nSPS) is 9.89. The molecule has 4 N–H and O–H groups in total. The summed E-state index contributed by atoms with van der Waals surface area (Å²) in [5.41, 5.74) is 4.75. The molecule has 18 heavy (non-hydrogen) atoms. The van der Waals surface area contributed by atoms with Gasteiger partial charge in [-0.3, -0.25) is 16.0 Å². The summed E-state index contributed by atoms with van der Waals surface area (Å²) in [5, 5.41) is 2.61. The highest BCUT2D eigenvalue weighted by atomic mass is 16.1. The first-order valence-electron chi connectivity index (χ1n) is 5.36. The van der Waals surface area contributed by atoms with E-state index < -0.39 is 0 Å². The summed E-state index contributed by atoms with van der Waals surface area (Å²) in [7, 11) is 0. The Hall–Kier alpha value is -2.47. The van der Waals surface area contributed by atoms with Gasteiger partial charge in [-0.15, -0.1) is 0 Å². The monoisotopic (exact) mass is 243 g/mol. The average molecular weight is 243 g/mol. The second kappa shape index (κ2) is 5.24. The minimum absolute atomic E-state index is 0.257. The lowest BCUT2D eigenvalue weighted by Gasteiger charge is -2.07. The number of aryl methyl sites for hydroxylation is 1. The van der Waals surface area contributed by atoms with Crippen LogP contribution in [0.2, 0.25) is 0 Å². The van der Waals surface area contributed by atoms with E-state index >= 15 is 0 Å². The summed E-state index contributed by atoms with van der Waals surface area (Å²) in [6.45, 7) is 1.87. The van der Waals surface area contributed by atoms with E-state index in [2.05, 4.69) is 20.7 Å². The number of hydrogen-bond acceptors (Lipinski definition) is 5. The molecule has 0 bridgehead atoms. The fourth-order valence-electron chi connectivity index (χ4n) is 1.50. The number of anilines is 2. The standard InChI is InChI=1S/C12H13N5O/c1-8-7-9(3-4-10(8)17-13)11(18)16-12-14-5-2-6-15-12/h2-7,17H,13H2,1H3,(H,14,15,16,18). The second-order valence-corrected chi connectivity index (χ2v) is 3.70. The number of aromatic nitrogens is 2. The zero-order valence-electron chi connectivity index (χ0n) is 9.84. The minimum Gasteiger partial charge on any atom is -0.324 e. The van der Waals surface area contributed by atoms with Gasteiger partial charge in [0.05, 0.1) is 5.69 Å². The molecule has 0 aliphatic carbocycles. The fraction of sp³-hybridized carbons (Fsp3) is 0.0833. The number of nitrogens with zero attached hydrogens (tertiary/aromatic N) is 2. The Morgan fingerprint density at radius 3 is 2.61 bits per heavy atom. The number of rotatable bonds is 3. The molecule has 1 heterocycles. The molecule has 1 aromatic carbocycles. The first kappa shape index (κ1) is 12.0. The van der Waals surface area contributed by atoms with E-state index in [0.717, 1.165) is 11.3 Å². The molecule has 6 heteroatoms. The first-order valence-corrected chi connectivity index (χ1v) is 5.36. The molecule has 0 saturated carbocycles. The molecule has 1 aromatic heterocycles. The Morgan fingerprint density at radius 1 is 1.28 bits per heavy atom. The van der Waals surface area contributed by atoms with Crippen LogP contribution in [0.15, 0.2) is 36.7 Å². The Balaban J connectivity index is 2.17. The van der Waals surface area contributed by atoms with Gasteiger partial charge in [0.25, 0.3) is 5.91 Å². The van der Waals surface area contributed by atoms with E-state index in [-0.39, 0.29) is 11.9 Å². The number of hydrazine groups is 1. The quantitative estimate of drug-likeness (QED) is 0.558. The Morgan fingerprint density at radius 2 is 2.00 bits per heavy atom. The summed E-state index contributed by atoms with van der Waals surface area (Å²) in [5.74, 6) is 5.35. The van der Waals surface area contributed by atoms with Crippen molar-refractivity contribution in [2.75, 3.05) is 10.7 Å². The summed E-state index contributed by atoms with van der Waals surface area (Å²) in [4.78, 5) is 19.8. The van der Waals surface area contributed by atoms with Crippen LogP contribution >= 0.6 is 0 Å². The number of nitrogens with two attached hydrogens (primary N) is 1. The number of benzene rings is 1. The molecule has 0 saturated heterocycles. The molecule has 0 fully saturated rings. The first-order chi connectivity index (χ1) is 8.70. The summed E-state index contributed by atoms with van der Waals surface area (Å²) in [6, 6.07) is 6.85. The fourth-order valence-corrected chi connectivity index (χ4v) is 1.50. The lowest BCUT2D eigenvalue weighted by molar-refractivity contribution is 0.102. The second-order valence-electron chi connectivity index (χ2n) is 3.70. The molecule has 0 unspecified atom stereocenters. The zero-order valence-corrected chi connectivity index (χ0v) is 9.84. The van der Waals surface area contributed by atoms with E-state index in [1.807, 2.05) is 6.92 Å². The molecule has 2 aromatic rings. The number of amides is 1. The number of nitrogen functional groups attached to an aromatic ring is 1. The molecule has 0 aliphatic heterocycles. The molecule has 1 amide bonds. The maximum Gasteiger partial charge on any atom is 0.258 e. The van der Waals surface area contributed by atoms with Gasteiger partial charge in [0.15, 0.2) is 0 Å². The van der Waals surface area contributed by atoms with E-state index in [1.54, 1.807) is 36.7 Å². The lowest BCUT2D eigenvalue weighted by atomic mass is 10.1. The van der Waals surface area contributed by atoms with Crippen LogP contribution in [0.4, 0.5) is 11.6 Å². The van der Waals surface area contributed by atoms with Crippen LogP contribution in [0, 0.1) is 6.92 Å². The van der Waals surface area contributed by atoms with Crippen LogP contribution < -0.4 is 16.6 Å². The molecule has 0 spiro atoms. The van der Waals surface area contributed by atoms with Crippen LogP contribution in [0.25, 0.3) is 0 Å². The third kappa shape index (κ3) is 2.61. The van der Waals surface area contributed by atoms with Gasteiger partial charge in [-0.1, -0.05) is 0 Å². The number of hydrogen-bond donors (Lipinski definition) is 3. The van der Waals surface area contributed by atoms with Crippen LogP contribution in [0.5, 0.6) is 0 Å². The summed E-state index contributed by atoms with van der Waals surface area (Å²) >= 11 is 0. The Kier molecular flexibility index (Phi) is 3.49. The van der Waals surface area contributed by atoms with Crippen LogP contribution in [-0.2, 0) is 0 Å². The average Bonchev–Trinajstić information content (AvgIpc) is 2.39. The smallest absolute Gasteiger partial charge is 0.258 e. The van der Waals surface area contributed by atoms with Gasteiger partial charge < -0.3 is 5.43 Å². The molecule has 92 valence electrons. The van der Waals surface area contributed by atoms with E-state index in [0.29, 0.717) is 5.56 Å². The van der Waals surface area contributed by atoms with Crippen molar-refractivity contribution in [2.45, 2.75) is 6.92 Å². The number of carbonyl (C=O) groups excluding carboxylic acids is 1. The topological polar surface area (TPSA) is 92.9 Å². The molecule has 6 nitrogen and oxygen atoms in total. The van der Waals surface area contributed by atoms with Crippen molar-refractivity contribution in [3.8, 4) is 0 Å². The zero-order chi connectivity index (χ0) is 13.0. The largest absolute Gasteiger partial charge is 0.324 e. The van der Waals surface area contributed by atoms with Crippen molar-refractivity contribution in [3.05, 3.63) is 47.8 Å². The van der Waals surface area contributed by atoms with Crippen molar-refractivity contribution in [1.82, 2.24) is 9.97 Å². The molecule has 0 aliphatic rings. The molecule has 0 radical (unpaired) electrons. The van der Waals surface area contributed by atoms with E-state index in [4.69, 9.17) is 5.84 Å². The van der Waals surface area contributed by atoms with E-state index in [1.165, 1.54) is 0 Å². The SMILES string of the molecule is Cc1cc(C(=O)Nc2ncccn2)ccc1NN. The maximum atomic E-state index is 11.9. The summed E-state index contributed by atoms with van der Waals surface area (Å²) < 4.78 is 0. The van der Waals surface area contributed by atoms with Crippen molar-refractivity contribution >= 4 is 17.5 Å². The Labute approximate surface area is 104 Å². The van der Waals surface area contributed by atoms with E-state index in [9.17, 15) is 4.79 Å². The number of carbonyl (C=O) groups is 1. The van der Waals surface area contributed by atoms with Crippen LogP contribution in [0.1, 0.15) is 15.9 Å². The molecule has 0 atom stereocenters. The highest BCUT2D eigenvalue weighted by Crippen LogP contribution is 2.15. The minimum atomic E-state index is -0.257. The molecular formula is C12H13N5O. The third-order valence-corrected chi connectivity index (χ3v) is 2.44. The number of nitrogens with one attached hydrogen (secondary N) is 2. The third-order valence-electron chi connectivity index (χ3n) is 2.44. The van der Waals surface area contributed by atoms with Gasteiger partial charge in [-0.2, -0.15) is 0 Å². The van der Waals surface area contributed by atoms with Crippen molar-refractivity contribution in [1.29, 1.82) is 0 Å². The van der Waals surface area contributed by atoms with Gasteiger partial charge >= 0.3 is 0 Å². The van der Waals surface area contributed by atoms with Crippen molar-refractivity contribution in [2.24, 2.45) is 5.84 Å².